The third-order valence-electron chi connectivity index (χ3n) is 3.75. The van der Waals surface area contributed by atoms with Crippen molar-refractivity contribution >= 4 is 16.9 Å². The van der Waals surface area contributed by atoms with Gasteiger partial charge >= 0.3 is 8.64 Å². The van der Waals surface area contributed by atoms with Crippen LogP contribution in [-0.2, 0) is 4.43 Å². The molecule has 2 N–H and O–H groups in total. The Morgan fingerprint density at radius 2 is 1.40 bits per heavy atom. The molecule has 0 spiro atoms. The molecule has 0 aromatic rings. The second-order valence-corrected chi connectivity index (χ2v) is 13.1. The molecule has 3 nitrogen and oxygen atoms in total. The Morgan fingerprint density at radius 1 is 0.933 bits per heavy atom. The van der Waals surface area contributed by atoms with Crippen LogP contribution in [0.1, 0.15) is 27.7 Å². The Kier molecular flexibility index (Phi) is 6.94. The zero-order valence-electron chi connectivity index (χ0n) is 11.2. The van der Waals surface area contributed by atoms with Gasteiger partial charge in [-0.25, -0.2) is 0 Å². The maximum Gasteiger partial charge on any atom is 0.344 e. The lowest BCUT2D eigenvalue weighted by molar-refractivity contribution is 0.376. The van der Waals surface area contributed by atoms with Crippen molar-refractivity contribution in [1.29, 1.82) is 0 Å². The smallest absolute Gasteiger partial charge is 0.344 e. The first-order valence-corrected chi connectivity index (χ1v) is 10.8. The molecule has 0 aromatic heterocycles. The molecule has 92 valence electrons. The van der Waals surface area contributed by atoms with Crippen LogP contribution in [0.15, 0.2) is 0 Å². The summed E-state index contributed by atoms with van der Waals surface area (Å²) < 4.78 is 9.67. The average Bonchev–Trinajstić information content (AvgIpc) is 2.33. The van der Waals surface area contributed by atoms with Gasteiger partial charge in [-0.15, -0.1) is 0 Å². The minimum Gasteiger partial charge on any atom is -0.395 e. The zero-order chi connectivity index (χ0) is 11.9. The number of rotatable bonds is 8. The van der Waals surface area contributed by atoms with Crippen molar-refractivity contribution in [2.75, 3.05) is 14.2 Å². The average molecular weight is 249 g/mol. The second-order valence-electron chi connectivity index (χ2n) is 4.10. The van der Waals surface area contributed by atoms with Crippen LogP contribution in [0, 0.1) is 0 Å². The van der Waals surface area contributed by atoms with Crippen LogP contribution < -0.4 is 9.63 Å². The highest BCUT2D eigenvalue weighted by atomic mass is 28.4. The standard InChI is InChI=1S/C10H28N2OSi2/c1-7-14(8-2,9-3)12-15(10-4,11-5)13-6/h11-12H,7-10H2,1-6H3. The molecule has 0 heterocycles. The van der Waals surface area contributed by atoms with Crippen LogP contribution in [0.4, 0.5) is 0 Å². The van der Waals surface area contributed by atoms with Crippen molar-refractivity contribution in [1.82, 2.24) is 9.63 Å². The summed E-state index contributed by atoms with van der Waals surface area (Å²) >= 11 is 0. The summed E-state index contributed by atoms with van der Waals surface area (Å²) in [6, 6.07) is 4.95. The lowest BCUT2D eigenvalue weighted by Gasteiger charge is -2.39. The number of hydrogen-bond donors (Lipinski definition) is 2. The van der Waals surface area contributed by atoms with Gasteiger partial charge in [-0.2, -0.15) is 0 Å². The van der Waals surface area contributed by atoms with Crippen molar-refractivity contribution in [3.63, 3.8) is 0 Å². The van der Waals surface area contributed by atoms with E-state index in [1.54, 1.807) is 0 Å². The van der Waals surface area contributed by atoms with Crippen molar-refractivity contribution in [2.24, 2.45) is 0 Å². The predicted molar refractivity (Wildman–Crippen MR) is 72.6 cm³/mol. The van der Waals surface area contributed by atoms with E-state index < -0.39 is 16.9 Å². The molecule has 0 radical (unpaired) electrons. The molecule has 1 unspecified atom stereocenters. The maximum absolute atomic E-state index is 5.75. The van der Waals surface area contributed by atoms with Gasteiger partial charge in [-0.1, -0.05) is 27.7 Å². The van der Waals surface area contributed by atoms with Crippen molar-refractivity contribution < 1.29 is 4.43 Å². The quantitative estimate of drug-likeness (QED) is 0.647. The van der Waals surface area contributed by atoms with Crippen LogP contribution in [-0.4, -0.2) is 31.0 Å². The van der Waals surface area contributed by atoms with Gasteiger partial charge < -0.3 is 14.1 Å². The number of hydrogen-bond acceptors (Lipinski definition) is 3. The molecule has 0 aliphatic carbocycles. The summed E-state index contributed by atoms with van der Waals surface area (Å²) in [5.74, 6) is 0. The highest BCUT2D eigenvalue weighted by molar-refractivity contribution is 6.89. The molecular weight excluding hydrogens is 220 g/mol. The minimum absolute atomic E-state index is 1.08. The summed E-state index contributed by atoms with van der Waals surface area (Å²) in [5, 5.41) is 0. The first-order valence-electron chi connectivity index (χ1n) is 6.11. The Balaban J connectivity index is 4.74. The van der Waals surface area contributed by atoms with Crippen molar-refractivity contribution in [2.45, 2.75) is 51.9 Å². The molecule has 0 aliphatic heterocycles. The van der Waals surface area contributed by atoms with E-state index in [4.69, 9.17) is 4.43 Å². The molecule has 0 aliphatic rings. The fraction of sp³-hybridized carbons (Fsp3) is 1.00. The third kappa shape index (κ3) is 3.67. The van der Waals surface area contributed by atoms with Crippen LogP contribution in [0.2, 0.25) is 24.2 Å². The highest BCUT2D eigenvalue weighted by Crippen LogP contribution is 2.19. The normalized spacial score (nSPS) is 16.4. The SMILES string of the molecule is CC[Si](CC)(CC)N[Si](CC)(NC)OC. The van der Waals surface area contributed by atoms with E-state index in [9.17, 15) is 0 Å². The third-order valence-corrected chi connectivity index (χ3v) is 14.0. The van der Waals surface area contributed by atoms with Gasteiger partial charge in [0.05, 0.1) is 0 Å². The number of nitrogens with one attached hydrogen (secondary N) is 2. The van der Waals surface area contributed by atoms with E-state index in [0.717, 1.165) is 6.04 Å². The fourth-order valence-corrected chi connectivity index (χ4v) is 11.6. The first kappa shape index (κ1) is 15.3. The Labute approximate surface area is 97.4 Å². The highest BCUT2D eigenvalue weighted by Gasteiger charge is 2.40. The van der Waals surface area contributed by atoms with Crippen LogP contribution in [0.25, 0.3) is 0 Å². The summed E-state index contributed by atoms with van der Waals surface area (Å²) in [7, 11) is 0.707. The van der Waals surface area contributed by atoms with E-state index in [1.807, 2.05) is 14.2 Å². The predicted octanol–water partition coefficient (Wildman–Crippen LogP) is 2.41. The van der Waals surface area contributed by atoms with E-state index in [-0.39, 0.29) is 0 Å². The molecule has 0 amide bonds. The molecule has 0 saturated carbocycles. The van der Waals surface area contributed by atoms with E-state index in [0.29, 0.717) is 0 Å². The molecule has 0 aromatic carbocycles. The van der Waals surface area contributed by atoms with Gasteiger partial charge in [0.25, 0.3) is 0 Å². The first-order chi connectivity index (χ1) is 7.07. The summed E-state index contributed by atoms with van der Waals surface area (Å²) in [6.45, 7) is 9.14. The molecule has 0 rings (SSSR count). The fourth-order valence-electron chi connectivity index (χ4n) is 2.07. The minimum atomic E-state index is -1.85. The van der Waals surface area contributed by atoms with Gasteiger partial charge in [-0.05, 0) is 31.2 Å². The van der Waals surface area contributed by atoms with Gasteiger partial charge in [0, 0.05) is 7.11 Å². The van der Waals surface area contributed by atoms with Crippen molar-refractivity contribution in [3.8, 4) is 0 Å². The molecule has 1 atom stereocenters. The van der Waals surface area contributed by atoms with E-state index in [1.165, 1.54) is 18.1 Å². The van der Waals surface area contributed by atoms with Gasteiger partial charge in [0.2, 0.25) is 0 Å². The largest absolute Gasteiger partial charge is 0.395 e. The monoisotopic (exact) mass is 248 g/mol. The molecule has 5 heteroatoms. The summed E-state index contributed by atoms with van der Waals surface area (Å²) in [4.78, 5) is 3.41. The van der Waals surface area contributed by atoms with Gasteiger partial charge in [0.1, 0.15) is 8.24 Å². The van der Waals surface area contributed by atoms with Crippen LogP contribution in [0.5, 0.6) is 0 Å². The Bertz CT molecular complexity index is 136. The van der Waals surface area contributed by atoms with E-state index in [2.05, 4.69) is 37.3 Å². The molecule has 15 heavy (non-hydrogen) atoms. The zero-order valence-corrected chi connectivity index (χ0v) is 13.2. The molecular formula is C10H28N2OSi2. The van der Waals surface area contributed by atoms with Gasteiger partial charge in [-0.3, -0.25) is 0 Å². The Morgan fingerprint density at radius 3 is 1.60 bits per heavy atom. The lowest BCUT2D eigenvalue weighted by Crippen LogP contribution is -2.71. The Hall–Kier alpha value is 0.314. The molecule has 0 saturated heterocycles. The lowest BCUT2D eigenvalue weighted by atomic mass is 10.9. The summed E-state index contributed by atoms with van der Waals surface area (Å²) in [6.07, 6.45) is 0. The molecule has 0 bridgehead atoms. The maximum atomic E-state index is 5.75. The van der Waals surface area contributed by atoms with Crippen LogP contribution >= 0.6 is 0 Å². The van der Waals surface area contributed by atoms with Crippen LogP contribution in [0.3, 0.4) is 0 Å². The van der Waals surface area contributed by atoms with Gasteiger partial charge in [0.15, 0.2) is 0 Å². The molecule has 0 fully saturated rings. The topological polar surface area (TPSA) is 33.3 Å². The second kappa shape index (κ2) is 6.80. The van der Waals surface area contributed by atoms with Crippen molar-refractivity contribution in [3.05, 3.63) is 0 Å². The van der Waals surface area contributed by atoms with E-state index >= 15 is 0 Å². The summed E-state index contributed by atoms with van der Waals surface area (Å²) in [5.41, 5.74) is 0.